The van der Waals surface area contributed by atoms with Gasteiger partial charge in [0.25, 0.3) is 0 Å². The quantitative estimate of drug-likeness (QED) is 0.889. The van der Waals surface area contributed by atoms with Crippen LogP contribution in [0.5, 0.6) is 0 Å². The molecule has 0 radical (unpaired) electrons. The van der Waals surface area contributed by atoms with E-state index in [9.17, 15) is 4.39 Å². The highest BCUT2D eigenvalue weighted by Crippen LogP contribution is 2.22. The first-order valence-electron chi connectivity index (χ1n) is 7.56. The average Bonchev–Trinajstić information content (AvgIpc) is 2.45. The van der Waals surface area contributed by atoms with Crippen molar-refractivity contribution in [1.29, 1.82) is 0 Å². The van der Waals surface area contributed by atoms with Gasteiger partial charge in [-0.1, -0.05) is 44.0 Å². The summed E-state index contributed by atoms with van der Waals surface area (Å²) in [4.78, 5) is 2.39. The minimum atomic E-state index is -0.269. The van der Waals surface area contributed by atoms with Crippen molar-refractivity contribution in [2.75, 3.05) is 13.1 Å². The molecule has 0 amide bonds. The van der Waals surface area contributed by atoms with Crippen LogP contribution in [0.2, 0.25) is 5.02 Å². The molecule has 2 unspecified atom stereocenters. The molecule has 4 heteroatoms. The van der Waals surface area contributed by atoms with Crippen LogP contribution in [-0.4, -0.2) is 30.1 Å². The summed E-state index contributed by atoms with van der Waals surface area (Å²) >= 11 is 5.87. The Labute approximate surface area is 126 Å². The van der Waals surface area contributed by atoms with Gasteiger partial charge in [-0.15, -0.1) is 0 Å². The van der Waals surface area contributed by atoms with E-state index in [2.05, 4.69) is 24.1 Å². The molecule has 1 N–H and O–H groups in total. The predicted octanol–water partition coefficient (Wildman–Crippen LogP) is 3.83. The number of nitrogens with one attached hydrogen (secondary N) is 1. The first kappa shape index (κ1) is 15.7. The minimum Gasteiger partial charge on any atom is -0.311 e. The van der Waals surface area contributed by atoms with Gasteiger partial charge in [-0.3, -0.25) is 4.90 Å². The number of piperazine rings is 1. The molecule has 0 bridgehead atoms. The second-order valence-electron chi connectivity index (χ2n) is 5.60. The van der Waals surface area contributed by atoms with E-state index in [1.165, 1.54) is 12.8 Å². The van der Waals surface area contributed by atoms with E-state index >= 15 is 0 Å². The lowest BCUT2D eigenvalue weighted by Crippen LogP contribution is -2.55. The third kappa shape index (κ3) is 3.72. The number of halogens is 2. The van der Waals surface area contributed by atoms with Crippen LogP contribution in [0, 0.1) is 5.82 Å². The third-order valence-electron chi connectivity index (χ3n) is 4.13. The van der Waals surface area contributed by atoms with Gasteiger partial charge in [-0.05, 0) is 18.9 Å². The van der Waals surface area contributed by atoms with E-state index in [0.29, 0.717) is 24.2 Å². The van der Waals surface area contributed by atoms with E-state index in [1.807, 2.05) is 12.1 Å². The van der Waals surface area contributed by atoms with E-state index < -0.39 is 0 Å². The number of hydrogen-bond donors (Lipinski definition) is 1. The third-order valence-corrected chi connectivity index (χ3v) is 4.42. The molecule has 0 aromatic heterocycles. The summed E-state index contributed by atoms with van der Waals surface area (Å²) in [5.74, 6) is -0.269. The maximum absolute atomic E-state index is 14.1. The molecular formula is C16H24ClFN2. The molecule has 1 heterocycles. The van der Waals surface area contributed by atoms with Gasteiger partial charge < -0.3 is 5.32 Å². The Morgan fingerprint density at radius 1 is 1.40 bits per heavy atom. The van der Waals surface area contributed by atoms with Crippen LogP contribution in [0.3, 0.4) is 0 Å². The van der Waals surface area contributed by atoms with Gasteiger partial charge in [0.1, 0.15) is 5.82 Å². The molecule has 1 saturated heterocycles. The van der Waals surface area contributed by atoms with Gasteiger partial charge in [0.15, 0.2) is 0 Å². The van der Waals surface area contributed by atoms with Crippen molar-refractivity contribution in [1.82, 2.24) is 10.2 Å². The minimum absolute atomic E-state index is 0.218. The first-order chi connectivity index (χ1) is 9.65. The maximum Gasteiger partial charge on any atom is 0.146 e. The van der Waals surface area contributed by atoms with Crippen LogP contribution in [0.25, 0.3) is 0 Å². The topological polar surface area (TPSA) is 15.3 Å². The molecule has 1 aromatic rings. The van der Waals surface area contributed by atoms with Crippen LogP contribution in [0.15, 0.2) is 18.2 Å². The summed E-state index contributed by atoms with van der Waals surface area (Å²) in [5.41, 5.74) is 0.702. The monoisotopic (exact) mass is 298 g/mol. The molecule has 0 spiro atoms. The Bertz CT molecular complexity index is 438. The summed E-state index contributed by atoms with van der Waals surface area (Å²) in [7, 11) is 0. The molecule has 1 fully saturated rings. The second-order valence-corrected chi connectivity index (χ2v) is 6.01. The van der Waals surface area contributed by atoms with Crippen molar-refractivity contribution in [2.24, 2.45) is 0 Å². The molecule has 2 nitrogen and oxygen atoms in total. The Hall–Kier alpha value is -0.640. The fourth-order valence-electron chi connectivity index (χ4n) is 2.96. The summed E-state index contributed by atoms with van der Waals surface area (Å²) in [6.45, 7) is 7.01. The molecule has 1 aliphatic heterocycles. The second kappa shape index (κ2) is 7.39. The molecule has 2 atom stereocenters. The normalized spacial score (nSPS) is 24.0. The Balaban J connectivity index is 2.09. The molecule has 0 aliphatic carbocycles. The van der Waals surface area contributed by atoms with Crippen molar-refractivity contribution in [3.63, 3.8) is 0 Å². The predicted molar refractivity (Wildman–Crippen MR) is 82.6 cm³/mol. The van der Waals surface area contributed by atoms with E-state index in [-0.39, 0.29) is 10.8 Å². The van der Waals surface area contributed by atoms with Crippen molar-refractivity contribution in [2.45, 2.75) is 51.7 Å². The van der Waals surface area contributed by atoms with E-state index in [4.69, 9.17) is 11.6 Å². The van der Waals surface area contributed by atoms with E-state index in [0.717, 1.165) is 19.5 Å². The number of nitrogens with zero attached hydrogens (tertiary/aromatic N) is 1. The fourth-order valence-corrected chi connectivity index (χ4v) is 3.15. The Morgan fingerprint density at radius 3 is 2.90 bits per heavy atom. The number of hydrogen-bond acceptors (Lipinski definition) is 2. The zero-order valence-corrected chi connectivity index (χ0v) is 13.1. The zero-order chi connectivity index (χ0) is 14.5. The molecule has 20 heavy (non-hydrogen) atoms. The van der Waals surface area contributed by atoms with Crippen LogP contribution in [0.1, 0.15) is 38.7 Å². The van der Waals surface area contributed by atoms with Gasteiger partial charge in [-0.2, -0.15) is 0 Å². The summed E-state index contributed by atoms with van der Waals surface area (Å²) in [6, 6.07) is 6.26. The lowest BCUT2D eigenvalue weighted by Gasteiger charge is -2.40. The van der Waals surface area contributed by atoms with Crippen LogP contribution in [0.4, 0.5) is 4.39 Å². The molecular weight excluding hydrogens is 275 g/mol. The van der Waals surface area contributed by atoms with Crippen molar-refractivity contribution < 1.29 is 4.39 Å². The first-order valence-corrected chi connectivity index (χ1v) is 7.93. The van der Waals surface area contributed by atoms with Crippen molar-refractivity contribution in [3.05, 3.63) is 34.6 Å². The molecule has 0 saturated carbocycles. The van der Waals surface area contributed by atoms with Crippen molar-refractivity contribution >= 4 is 11.6 Å². The molecule has 1 aliphatic rings. The van der Waals surface area contributed by atoms with Gasteiger partial charge in [0.05, 0.1) is 5.02 Å². The van der Waals surface area contributed by atoms with Crippen molar-refractivity contribution in [3.8, 4) is 0 Å². The lowest BCUT2D eigenvalue weighted by molar-refractivity contribution is 0.114. The summed E-state index contributed by atoms with van der Waals surface area (Å²) in [6.07, 6.45) is 3.42. The summed E-state index contributed by atoms with van der Waals surface area (Å²) < 4.78 is 14.1. The molecule has 112 valence electrons. The largest absolute Gasteiger partial charge is 0.311 e. The molecule has 2 rings (SSSR count). The van der Waals surface area contributed by atoms with Crippen LogP contribution < -0.4 is 5.32 Å². The SMILES string of the molecule is CCCC1CN(Cc2cccc(Cl)c2F)C(CC)CN1. The number of benzene rings is 1. The zero-order valence-electron chi connectivity index (χ0n) is 12.3. The smallest absolute Gasteiger partial charge is 0.146 e. The Kier molecular flexibility index (Phi) is 5.82. The van der Waals surface area contributed by atoms with Crippen LogP contribution in [-0.2, 0) is 6.54 Å². The standard InChI is InChI=1S/C16H24ClFN2/c1-3-6-13-11-20(14(4-2)9-19-13)10-12-7-5-8-15(17)16(12)18/h5,7-8,13-14,19H,3-4,6,9-11H2,1-2H3. The van der Waals surface area contributed by atoms with Gasteiger partial charge in [0.2, 0.25) is 0 Å². The highest BCUT2D eigenvalue weighted by molar-refractivity contribution is 6.30. The summed E-state index contributed by atoms with van der Waals surface area (Å²) in [5, 5.41) is 3.82. The van der Waals surface area contributed by atoms with Crippen LogP contribution >= 0.6 is 11.6 Å². The highest BCUT2D eigenvalue weighted by Gasteiger charge is 2.26. The maximum atomic E-state index is 14.1. The Morgan fingerprint density at radius 2 is 2.20 bits per heavy atom. The highest BCUT2D eigenvalue weighted by atomic mass is 35.5. The van der Waals surface area contributed by atoms with Gasteiger partial charge in [0, 0.05) is 37.3 Å². The fraction of sp³-hybridized carbons (Fsp3) is 0.625. The molecule has 1 aromatic carbocycles. The average molecular weight is 299 g/mol. The lowest BCUT2D eigenvalue weighted by atomic mass is 10.0. The van der Waals surface area contributed by atoms with Gasteiger partial charge in [-0.25, -0.2) is 4.39 Å². The number of rotatable bonds is 5. The van der Waals surface area contributed by atoms with Gasteiger partial charge >= 0.3 is 0 Å². The van der Waals surface area contributed by atoms with E-state index in [1.54, 1.807) is 6.07 Å².